The largest absolute Gasteiger partial charge is 0.383 e. The Kier molecular flexibility index (Phi) is 3.87. The van der Waals surface area contributed by atoms with E-state index in [0.717, 1.165) is 12.6 Å². The maximum atomic E-state index is 5.05. The fourth-order valence-corrected chi connectivity index (χ4v) is 1.79. The molecule has 1 aliphatic carbocycles. The number of hydrogen-bond donors (Lipinski definition) is 1. The summed E-state index contributed by atoms with van der Waals surface area (Å²) >= 11 is 0. The predicted octanol–water partition coefficient (Wildman–Crippen LogP) is 1.55. The average Bonchev–Trinajstić information content (AvgIpc) is 2.40. The molecule has 0 heterocycles. The highest BCUT2D eigenvalue weighted by molar-refractivity contribution is 4.76. The second-order valence-electron chi connectivity index (χ2n) is 3.50. The lowest BCUT2D eigenvalue weighted by atomic mass is 10.2. The minimum absolute atomic E-state index is 0.517. The molecule has 11 heavy (non-hydrogen) atoms. The van der Waals surface area contributed by atoms with Crippen LogP contribution in [-0.4, -0.2) is 25.8 Å². The van der Waals surface area contributed by atoms with E-state index in [0.29, 0.717) is 6.04 Å². The Labute approximate surface area is 69.3 Å². The first-order valence-corrected chi connectivity index (χ1v) is 4.58. The van der Waals surface area contributed by atoms with Crippen LogP contribution in [0.1, 0.15) is 32.6 Å². The quantitative estimate of drug-likeness (QED) is 0.668. The van der Waals surface area contributed by atoms with Gasteiger partial charge in [-0.3, -0.25) is 0 Å². The van der Waals surface area contributed by atoms with Gasteiger partial charge in [0.15, 0.2) is 0 Å². The van der Waals surface area contributed by atoms with Crippen LogP contribution >= 0.6 is 0 Å². The lowest BCUT2D eigenvalue weighted by molar-refractivity contribution is 0.167. The second kappa shape index (κ2) is 4.73. The van der Waals surface area contributed by atoms with Crippen LogP contribution in [0.15, 0.2) is 0 Å². The van der Waals surface area contributed by atoms with E-state index in [-0.39, 0.29) is 0 Å². The second-order valence-corrected chi connectivity index (χ2v) is 3.50. The van der Waals surface area contributed by atoms with Crippen molar-refractivity contribution < 1.29 is 4.74 Å². The van der Waals surface area contributed by atoms with Crippen molar-refractivity contribution in [2.24, 2.45) is 0 Å². The van der Waals surface area contributed by atoms with Gasteiger partial charge in [-0.15, -0.1) is 0 Å². The molecular weight excluding hydrogens is 138 g/mol. The number of hydrogen-bond acceptors (Lipinski definition) is 2. The van der Waals surface area contributed by atoms with Crippen LogP contribution in [0.3, 0.4) is 0 Å². The summed E-state index contributed by atoms with van der Waals surface area (Å²) in [4.78, 5) is 0. The molecule has 0 aliphatic heterocycles. The maximum absolute atomic E-state index is 5.05. The fourth-order valence-electron chi connectivity index (χ4n) is 1.79. The Hall–Kier alpha value is -0.0800. The molecule has 1 fully saturated rings. The number of methoxy groups -OCH3 is 1. The van der Waals surface area contributed by atoms with Crippen molar-refractivity contribution in [2.75, 3.05) is 13.7 Å². The van der Waals surface area contributed by atoms with Crippen molar-refractivity contribution in [3.8, 4) is 0 Å². The summed E-state index contributed by atoms with van der Waals surface area (Å²) in [6.45, 7) is 3.01. The topological polar surface area (TPSA) is 21.3 Å². The first-order valence-electron chi connectivity index (χ1n) is 4.58. The Morgan fingerprint density at radius 2 is 2.09 bits per heavy atom. The molecule has 1 N–H and O–H groups in total. The summed E-state index contributed by atoms with van der Waals surface area (Å²) in [7, 11) is 1.76. The Bertz CT molecular complexity index is 99.7. The summed E-state index contributed by atoms with van der Waals surface area (Å²) in [5, 5.41) is 3.55. The monoisotopic (exact) mass is 157 g/mol. The van der Waals surface area contributed by atoms with Gasteiger partial charge in [0, 0.05) is 19.2 Å². The zero-order valence-corrected chi connectivity index (χ0v) is 7.60. The number of ether oxygens (including phenoxy) is 1. The van der Waals surface area contributed by atoms with E-state index < -0.39 is 0 Å². The van der Waals surface area contributed by atoms with Gasteiger partial charge >= 0.3 is 0 Å². The Morgan fingerprint density at radius 1 is 1.45 bits per heavy atom. The van der Waals surface area contributed by atoms with Crippen molar-refractivity contribution in [1.29, 1.82) is 0 Å². The van der Waals surface area contributed by atoms with Gasteiger partial charge in [-0.05, 0) is 19.8 Å². The molecule has 0 unspecified atom stereocenters. The van der Waals surface area contributed by atoms with E-state index in [1.165, 1.54) is 25.7 Å². The molecule has 1 saturated carbocycles. The van der Waals surface area contributed by atoms with Crippen molar-refractivity contribution in [3.05, 3.63) is 0 Å². The van der Waals surface area contributed by atoms with Crippen LogP contribution < -0.4 is 5.32 Å². The van der Waals surface area contributed by atoms with Crippen LogP contribution in [-0.2, 0) is 4.74 Å². The zero-order valence-electron chi connectivity index (χ0n) is 7.60. The molecular formula is C9H19NO. The van der Waals surface area contributed by atoms with E-state index in [9.17, 15) is 0 Å². The van der Waals surface area contributed by atoms with Crippen molar-refractivity contribution in [3.63, 3.8) is 0 Å². The molecule has 2 heteroatoms. The summed E-state index contributed by atoms with van der Waals surface area (Å²) in [5.41, 5.74) is 0. The average molecular weight is 157 g/mol. The van der Waals surface area contributed by atoms with Gasteiger partial charge in [-0.25, -0.2) is 0 Å². The van der Waals surface area contributed by atoms with Gasteiger partial charge in [0.1, 0.15) is 0 Å². The first kappa shape index (κ1) is 9.01. The molecule has 0 aromatic rings. The summed E-state index contributed by atoms with van der Waals surface area (Å²) in [6, 6.07) is 1.28. The SMILES string of the molecule is COC[C@@H](C)NC1CCCC1. The molecule has 1 aliphatic rings. The number of nitrogens with one attached hydrogen (secondary N) is 1. The summed E-state index contributed by atoms with van der Waals surface area (Å²) < 4.78 is 5.05. The van der Waals surface area contributed by atoms with Crippen molar-refractivity contribution in [2.45, 2.75) is 44.7 Å². The van der Waals surface area contributed by atoms with E-state index in [1.807, 2.05) is 0 Å². The smallest absolute Gasteiger partial charge is 0.0613 e. The van der Waals surface area contributed by atoms with E-state index in [2.05, 4.69) is 12.2 Å². The first-order chi connectivity index (χ1) is 5.33. The van der Waals surface area contributed by atoms with Gasteiger partial charge in [-0.1, -0.05) is 12.8 Å². The van der Waals surface area contributed by atoms with Gasteiger partial charge < -0.3 is 10.1 Å². The lowest BCUT2D eigenvalue weighted by Crippen LogP contribution is -2.37. The molecule has 0 spiro atoms. The van der Waals surface area contributed by atoms with Crippen LogP contribution in [0.25, 0.3) is 0 Å². The van der Waals surface area contributed by atoms with Crippen LogP contribution in [0.2, 0.25) is 0 Å². The minimum Gasteiger partial charge on any atom is -0.383 e. The van der Waals surface area contributed by atoms with E-state index in [4.69, 9.17) is 4.74 Å². The van der Waals surface area contributed by atoms with Gasteiger partial charge in [0.2, 0.25) is 0 Å². The van der Waals surface area contributed by atoms with Crippen molar-refractivity contribution in [1.82, 2.24) is 5.32 Å². The molecule has 0 aromatic carbocycles. The standard InChI is InChI=1S/C9H19NO/c1-8(7-11-2)10-9-5-3-4-6-9/h8-10H,3-7H2,1-2H3/t8-/m1/s1. The predicted molar refractivity (Wildman–Crippen MR) is 46.7 cm³/mol. The summed E-state index contributed by atoms with van der Waals surface area (Å²) in [6.07, 6.45) is 5.51. The third-order valence-electron chi connectivity index (χ3n) is 2.29. The highest BCUT2D eigenvalue weighted by atomic mass is 16.5. The fraction of sp³-hybridized carbons (Fsp3) is 1.00. The maximum Gasteiger partial charge on any atom is 0.0613 e. The minimum atomic E-state index is 0.517. The van der Waals surface area contributed by atoms with E-state index >= 15 is 0 Å². The normalized spacial score (nSPS) is 22.4. The summed E-state index contributed by atoms with van der Waals surface area (Å²) in [5.74, 6) is 0. The Morgan fingerprint density at radius 3 is 2.64 bits per heavy atom. The lowest BCUT2D eigenvalue weighted by Gasteiger charge is -2.17. The van der Waals surface area contributed by atoms with E-state index in [1.54, 1.807) is 7.11 Å². The van der Waals surface area contributed by atoms with Crippen LogP contribution in [0, 0.1) is 0 Å². The van der Waals surface area contributed by atoms with Gasteiger partial charge in [0.25, 0.3) is 0 Å². The molecule has 0 aromatic heterocycles. The van der Waals surface area contributed by atoms with Gasteiger partial charge in [-0.2, -0.15) is 0 Å². The molecule has 0 radical (unpaired) electrons. The molecule has 0 amide bonds. The van der Waals surface area contributed by atoms with Gasteiger partial charge in [0.05, 0.1) is 6.61 Å². The highest BCUT2D eigenvalue weighted by Crippen LogP contribution is 2.17. The molecule has 0 bridgehead atoms. The third-order valence-corrected chi connectivity index (χ3v) is 2.29. The van der Waals surface area contributed by atoms with Crippen molar-refractivity contribution >= 4 is 0 Å². The molecule has 0 saturated heterocycles. The molecule has 66 valence electrons. The highest BCUT2D eigenvalue weighted by Gasteiger charge is 2.16. The molecule has 1 atom stereocenters. The molecule has 2 nitrogen and oxygen atoms in total. The third kappa shape index (κ3) is 3.21. The molecule has 1 rings (SSSR count). The number of rotatable bonds is 4. The Balaban J connectivity index is 2.08. The zero-order chi connectivity index (χ0) is 8.10. The van der Waals surface area contributed by atoms with Crippen LogP contribution in [0.5, 0.6) is 0 Å². The van der Waals surface area contributed by atoms with Crippen LogP contribution in [0.4, 0.5) is 0 Å².